The van der Waals surface area contributed by atoms with E-state index >= 15 is 0 Å². The second-order valence-corrected chi connectivity index (χ2v) is 7.22. The lowest BCUT2D eigenvalue weighted by molar-refractivity contribution is -0.132. The summed E-state index contributed by atoms with van der Waals surface area (Å²) in [4.78, 5) is 26.7. The Balaban J connectivity index is 1.49. The minimum atomic E-state index is -0.124. The summed E-state index contributed by atoms with van der Waals surface area (Å²) in [5.41, 5.74) is 0.633. The molecule has 0 bridgehead atoms. The molecule has 2 aromatic carbocycles. The highest BCUT2D eigenvalue weighted by Gasteiger charge is 2.20. The molecule has 0 radical (unpaired) electrons. The Morgan fingerprint density at radius 2 is 1.69 bits per heavy atom. The van der Waals surface area contributed by atoms with Gasteiger partial charge < -0.3 is 10.2 Å². The summed E-state index contributed by atoms with van der Waals surface area (Å²) in [5, 5.41) is 5.04. The van der Waals surface area contributed by atoms with Crippen molar-refractivity contribution in [3.63, 3.8) is 0 Å². The Kier molecular flexibility index (Phi) is 6.26. The summed E-state index contributed by atoms with van der Waals surface area (Å²) in [6.07, 6.45) is 7.53. The number of nitrogens with zero attached hydrogens (tertiary/aromatic N) is 1. The zero-order chi connectivity index (χ0) is 18.4. The van der Waals surface area contributed by atoms with Crippen molar-refractivity contribution in [3.05, 3.63) is 48.0 Å². The summed E-state index contributed by atoms with van der Waals surface area (Å²) in [7, 11) is 1.91. The quantitative estimate of drug-likeness (QED) is 0.822. The Morgan fingerprint density at radius 1 is 1.00 bits per heavy atom. The van der Waals surface area contributed by atoms with Gasteiger partial charge in [0.15, 0.2) is 0 Å². The van der Waals surface area contributed by atoms with Gasteiger partial charge in [-0.2, -0.15) is 0 Å². The average Bonchev–Trinajstić information content (AvgIpc) is 2.96. The van der Waals surface area contributed by atoms with Crippen molar-refractivity contribution in [1.29, 1.82) is 0 Å². The lowest BCUT2D eigenvalue weighted by Gasteiger charge is -2.27. The highest BCUT2D eigenvalue weighted by atomic mass is 16.2. The van der Waals surface area contributed by atoms with E-state index in [1.807, 2.05) is 54.4 Å². The molecule has 26 heavy (non-hydrogen) atoms. The number of benzene rings is 2. The number of hydrogen-bond acceptors (Lipinski definition) is 2. The highest BCUT2D eigenvalue weighted by Crippen LogP contribution is 2.21. The van der Waals surface area contributed by atoms with E-state index in [1.54, 1.807) is 0 Å². The molecule has 0 atom stereocenters. The second-order valence-electron chi connectivity index (χ2n) is 7.22. The van der Waals surface area contributed by atoms with Crippen molar-refractivity contribution in [3.8, 4) is 0 Å². The molecular weight excluding hydrogens is 324 g/mol. The predicted molar refractivity (Wildman–Crippen MR) is 105 cm³/mol. The first-order chi connectivity index (χ1) is 12.6. The monoisotopic (exact) mass is 352 g/mol. The minimum Gasteiger partial charge on any atom is -0.352 e. The standard InChI is InChI=1S/C22H28N2O2/c1-24(20-10-4-2-3-5-11-20)21(25)14-15-23-22(26)19-13-12-17-8-6-7-9-18(17)16-19/h6-9,12-13,16,20H,2-5,10-11,14-15H2,1H3,(H,23,26). The fourth-order valence-corrected chi connectivity index (χ4v) is 3.74. The van der Waals surface area contributed by atoms with Gasteiger partial charge in [0.1, 0.15) is 0 Å². The van der Waals surface area contributed by atoms with Crippen LogP contribution in [0.25, 0.3) is 10.8 Å². The SMILES string of the molecule is CN(C(=O)CCNC(=O)c1ccc2ccccc2c1)C1CCCCCC1. The number of carbonyl (C=O) groups is 2. The van der Waals surface area contributed by atoms with E-state index in [0.717, 1.165) is 23.6 Å². The predicted octanol–water partition coefficient (Wildman–Crippen LogP) is 4.14. The van der Waals surface area contributed by atoms with Crippen LogP contribution < -0.4 is 5.32 Å². The molecule has 0 heterocycles. The topological polar surface area (TPSA) is 49.4 Å². The largest absolute Gasteiger partial charge is 0.352 e. The number of carbonyl (C=O) groups excluding carboxylic acids is 2. The molecule has 2 amide bonds. The summed E-state index contributed by atoms with van der Waals surface area (Å²) in [5.74, 6) is -0.00335. The van der Waals surface area contributed by atoms with Crippen LogP contribution in [0.15, 0.2) is 42.5 Å². The van der Waals surface area contributed by atoms with Gasteiger partial charge >= 0.3 is 0 Å². The lowest BCUT2D eigenvalue weighted by Crippen LogP contribution is -2.38. The van der Waals surface area contributed by atoms with Gasteiger partial charge in [-0.05, 0) is 35.7 Å². The van der Waals surface area contributed by atoms with E-state index in [9.17, 15) is 9.59 Å². The van der Waals surface area contributed by atoms with Crippen LogP contribution in [0.3, 0.4) is 0 Å². The Hall–Kier alpha value is -2.36. The fraction of sp³-hybridized carbons (Fsp3) is 0.455. The number of fused-ring (bicyclic) bond motifs is 1. The van der Waals surface area contributed by atoms with Gasteiger partial charge in [-0.15, -0.1) is 0 Å². The van der Waals surface area contributed by atoms with Crippen LogP contribution in [0.2, 0.25) is 0 Å². The zero-order valence-electron chi connectivity index (χ0n) is 15.5. The molecule has 0 spiro atoms. The third-order valence-corrected chi connectivity index (χ3v) is 5.40. The zero-order valence-corrected chi connectivity index (χ0v) is 15.5. The van der Waals surface area contributed by atoms with Crippen LogP contribution in [0.1, 0.15) is 55.3 Å². The van der Waals surface area contributed by atoms with Crippen LogP contribution in [-0.2, 0) is 4.79 Å². The van der Waals surface area contributed by atoms with Gasteiger partial charge in [-0.1, -0.05) is 56.0 Å². The van der Waals surface area contributed by atoms with E-state index in [0.29, 0.717) is 24.6 Å². The molecule has 3 rings (SSSR count). The van der Waals surface area contributed by atoms with Gasteiger partial charge in [0, 0.05) is 31.6 Å². The molecule has 4 nitrogen and oxygen atoms in total. The van der Waals surface area contributed by atoms with E-state index < -0.39 is 0 Å². The molecule has 1 fully saturated rings. The molecule has 1 aliphatic rings. The van der Waals surface area contributed by atoms with Crippen molar-refractivity contribution in [2.45, 2.75) is 51.0 Å². The van der Waals surface area contributed by atoms with Crippen LogP contribution in [0.4, 0.5) is 0 Å². The van der Waals surface area contributed by atoms with Crippen LogP contribution in [0.5, 0.6) is 0 Å². The average molecular weight is 352 g/mol. The minimum absolute atomic E-state index is 0.121. The first kappa shape index (κ1) is 18.4. The molecule has 0 aliphatic heterocycles. The number of amides is 2. The first-order valence-electron chi connectivity index (χ1n) is 9.68. The second kappa shape index (κ2) is 8.84. The molecule has 0 unspecified atom stereocenters. The number of nitrogens with one attached hydrogen (secondary N) is 1. The number of hydrogen-bond donors (Lipinski definition) is 1. The van der Waals surface area contributed by atoms with Crippen molar-refractivity contribution >= 4 is 22.6 Å². The first-order valence-corrected chi connectivity index (χ1v) is 9.68. The third-order valence-electron chi connectivity index (χ3n) is 5.40. The highest BCUT2D eigenvalue weighted by molar-refractivity contribution is 5.98. The maximum absolute atomic E-state index is 12.4. The van der Waals surface area contributed by atoms with E-state index in [1.165, 1.54) is 25.7 Å². The summed E-state index contributed by atoms with van der Waals surface area (Å²) >= 11 is 0. The van der Waals surface area contributed by atoms with E-state index in [2.05, 4.69) is 5.32 Å². The van der Waals surface area contributed by atoms with E-state index in [4.69, 9.17) is 0 Å². The fourth-order valence-electron chi connectivity index (χ4n) is 3.74. The summed E-state index contributed by atoms with van der Waals surface area (Å²) in [6, 6.07) is 14.0. The molecule has 0 aromatic heterocycles. The molecule has 138 valence electrons. The van der Waals surface area contributed by atoms with Gasteiger partial charge in [-0.25, -0.2) is 0 Å². The lowest BCUT2D eigenvalue weighted by atomic mass is 10.1. The van der Waals surface area contributed by atoms with E-state index in [-0.39, 0.29) is 11.8 Å². The van der Waals surface area contributed by atoms with Gasteiger partial charge in [0.2, 0.25) is 5.91 Å². The normalized spacial score (nSPS) is 15.4. The molecule has 1 N–H and O–H groups in total. The molecule has 1 aliphatic carbocycles. The van der Waals surface area contributed by atoms with Gasteiger partial charge in [0.25, 0.3) is 5.91 Å². The van der Waals surface area contributed by atoms with Crippen LogP contribution >= 0.6 is 0 Å². The van der Waals surface area contributed by atoms with Crippen molar-refractivity contribution in [2.75, 3.05) is 13.6 Å². The summed E-state index contributed by atoms with van der Waals surface area (Å²) < 4.78 is 0. The third kappa shape index (κ3) is 4.63. The van der Waals surface area contributed by atoms with Crippen LogP contribution in [-0.4, -0.2) is 36.3 Å². The molecule has 4 heteroatoms. The Bertz CT molecular complexity index is 764. The molecular formula is C22H28N2O2. The van der Waals surface area contributed by atoms with Crippen molar-refractivity contribution in [2.24, 2.45) is 0 Å². The molecule has 1 saturated carbocycles. The summed E-state index contributed by atoms with van der Waals surface area (Å²) in [6.45, 7) is 0.377. The van der Waals surface area contributed by atoms with Crippen LogP contribution in [0, 0.1) is 0 Å². The maximum atomic E-state index is 12.4. The molecule has 0 saturated heterocycles. The maximum Gasteiger partial charge on any atom is 0.251 e. The van der Waals surface area contributed by atoms with Gasteiger partial charge in [0.05, 0.1) is 0 Å². The number of rotatable bonds is 5. The molecule has 2 aromatic rings. The Morgan fingerprint density at radius 3 is 2.42 bits per heavy atom. The van der Waals surface area contributed by atoms with Gasteiger partial charge in [-0.3, -0.25) is 9.59 Å². The van der Waals surface area contributed by atoms with Crippen molar-refractivity contribution in [1.82, 2.24) is 10.2 Å². The Labute approximate surface area is 155 Å². The smallest absolute Gasteiger partial charge is 0.251 e. The van der Waals surface area contributed by atoms with Crippen molar-refractivity contribution < 1.29 is 9.59 Å².